The summed E-state index contributed by atoms with van der Waals surface area (Å²) in [5.41, 5.74) is 1.54. The fourth-order valence-corrected chi connectivity index (χ4v) is 6.40. The summed E-state index contributed by atoms with van der Waals surface area (Å²) in [6, 6.07) is 0. The summed E-state index contributed by atoms with van der Waals surface area (Å²) < 4.78 is 64.4. The van der Waals surface area contributed by atoms with Gasteiger partial charge in [-0.15, -0.1) is 0 Å². The molecular formula is C43H74F4N2O6S. The molecule has 1 aromatic carbocycles. The van der Waals surface area contributed by atoms with Crippen molar-refractivity contribution in [3.05, 3.63) is 53.4 Å². The first-order chi connectivity index (χ1) is 26.8. The molecule has 0 aliphatic heterocycles. The van der Waals surface area contributed by atoms with Gasteiger partial charge in [0, 0.05) is 48.3 Å². The van der Waals surface area contributed by atoms with Crippen LogP contribution in [0.1, 0.15) is 148 Å². The Hall–Kier alpha value is -2.32. The van der Waals surface area contributed by atoms with E-state index >= 15 is 0 Å². The Kier molecular flexibility index (Phi) is 32.2. The zero-order valence-electron chi connectivity index (χ0n) is 34.7. The lowest BCUT2D eigenvalue weighted by Crippen LogP contribution is -2.33. The highest BCUT2D eigenvalue weighted by molar-refractivity contribution is 7.81. The van der Waals surface area contributed by atoms with E-state index in [1.54, 1.807) is 0 Å². The molecule has 2 rings (SSSR count). The summed E-state index contributed by atoms with van der Waals surface area (Å²) in [5, 5.41) is 34.4. The Morgan fingerprint density at radius 1 is 0.786 bits per heavy atom. The maximum Gasteiger partial charge on any atom is 0.311 e. The fraction of sp³-hybridized carbons (Fsp3) is 0.744. The second-order valence-corrected chi connectivity index (χ2v) is 14.9. The van der Waals surface area contributed by atoms with Gasteiger partial charge in [0.1, 0.15) is 0 Å². The summed E-state index contributed by atoms with van der Waals surface area (Å²) >= 11 is 4.42. The van der Waals surface area contributed by atoms with Crippen molar-refractivity contribution in [1.29, 1.82) is 0 Å². The Bertz CT molecular complexity index is 1190. The van der Waals surface area contributed by atoms with Crippen LogP contribution in [0.4, 0.5) is 17.6 Å². The highest BCUT2D eigenvalue weighted by Gasteiger charge is 2.28. The second-order valence-electron chi connectivity index (χ2n) is 14.3. The minimum Gasteiger partial charge on any atom is -0.423 e. The summed E-state index contributed by atoms with van der Waals surface area (Å²) in [4.78, 5) is 11.9. The summed E-state index contributed by atoms with van der Waals surface area (Å²) in [7, 11) is 0. The lowest BCUT2D eigenvalue weighted by atomic mass is 9.80. The number of thiol groups is 1. The number of ether oxygens (including phenoxy) is 2. The van der Waals surface area contributed by atoms with Crippen LogP contribution in [-0.4, -0.2) is 71.7 Å². The predicted octanol–water partition coefficient (Wildman–Crippen LogP) is 9.77. The lowest BCUT2D eigenvalue weighted by Gasteiger charge is -2.32. The van der Waals surface area contributed by atoms with Crippen LogP contribution in [-0.2, 0) is 9.53 Å². The number of hydrogen-bond acceptors (Lipinski definition) is 9. The van der Waals surface area contributed by atoms with Crippen LogP contribution in [0.3, 0.4) is 0 Å². The van der Waals surface area contributed by atoms with E-state index in [0.717, 1.165) is 89.2 Å². The molecule has 0 radical (unpaired) electrons. The van der Waals surface area contributed by atoms with Crippen LogP contribution >= 0.6 is 12.6 Å². The Morgan fingerprint density at radius 2 is 1.27 bits per heavy atom. The molecule has 3 atom stereocenters. The average molecular weight is 823 g/mol. The topological polar surface area (TPSA) is 120 Å². The Morgan fingerprint density at radius 3 is 1.75 bits per heavy atom. The monoisotopic (exact) mass is 823 g/mol. The predicted molar refractivity (Wildman–Crippen MR) is 222 cm³/mol. The van der Waals surface area contributed by atoms with E-state index in [-0.39, 0.29) is 24.7 Å². The van der Waals surface area contributed by atoms with E-state index in [0.29, 0.717) is 32.0 Å². The van der Waals surface area contributed by atoms with Crippen molar-refractivity contribution >= 4 is 18.6 Å². The molecule has 0 bridgehead atoms. The van der Waals surface area contributed by atoms with Crippen molar-refractivity contribution in [2.75, 3.05) is 32.9 Å². The number of unbranched alkanes of at least 4 members (excludes halogenated alkanes) is 9. The van der Waals surface area contributed by atoms with Crippen LogP contribution < -0.4 is 15.4 Å². The number of hydrogen-bond donors (Lipinski definition) is 6. The van der Waals surface area contributed by atoms with Gasteiger partial charge in [0.15, 0.2) is 17.4 Å². The molecule has 13 heteroatoms. The number of benzene rings is 1. The smallest absolute Gasteiger partial charge is 0.311 e. The summed E-state index contributed by atoms with van der Waals surface area (Å²) in [6.45, 7) is 18.1. The van der Waals surface area contributed by atoms with Crippen molar-refractivity contribution in [1.82, 2.24) is 10.6 Å². The van der Waals surface area contributed by atoms with Crippen LogP contribution in [0.2, 0.25) is 0 Å². The zero-order valence-corrected chi connectivity index (χ0v) is 35.6. The van der Waals surface area contributed by atoms with Crippen LogP contribution in [0.15, 0.2) is 24.6 Å². The first kappa shape index (κ1) is 53.7. The van der Waals surface area contributed by atoms with Crippen molar-refractivity contribution in [3.63, 3.8) is 0 Å². The minimum absolute atomic E-state index is 0.00852. The zero-order chi connectivity index (χ0) is 42.3. The van der Waals surface area contributed by atoms with E-state index in [1.165, 1.54) is 38.5 Å². The van der Waals surface area contributed by atoms with E-state index < -0.39 is 52.8 Å². The van der Waals surface area contributed by atoms with Gasteiger partial charge in [-0.05, 0) is 70.6 Å². The van der Waals surface area contributed by atoms with Gasteiger partial charge in [0.05, 0.1) is 25.4 Å². The van der Waals surface area contributed by atoms with Crippen molar-refractivity contribution in [2.45, 2.75) is 167 Å². The molecule has 326 valence electrons. The minimum atomic E-state index is -1.99. The number of aliphatic hydroxyl groups is 3. The molecule has 1 aromatic rings. The highest BCUT2D eigenvalue weighted by Crippen LogP contribution is 2.34. The number of allylic oxidation sites excluding steroid dienone is 2. The molecule has 0 amide bonds. The summed E-state index contributed by atoms with van der Waals surface area (Å²) in [5.74, 6) is -8.26. The number of carbonyl (C=O) groups excluding carboxylic acids is 1. The van der Waals surface area contributed by atoms with Gasteiger partial charge in [-0.3, -0.25) is 4.79 Å². The average Bonchev–Trinajstić information content (AvgIpc) is 3.15. The van der Waals surface area contributed by atoms with Gasteiger partial charge >= 0.3 is 5.97 Å². The van der Waals surface area contributed by atoms with E-state index in [2.05, 4.69) is 43.3 Å². The summed E-state index contributed by atoms with van der Waals surface area (Å²) in [6.07, 6.45) is 16.1. The van der Waals surface area contributed by atoms with Crippen LogP contribution in [0.25, 0.3) is 0 Å². The fourth-order valence-electron chi connectivity index (χ4n) is 5.89. The Labute approximate surface area is 340 Å². The van der Waals surface area contributed by atoms with E-state index in [1.807, 2.05) is 13.8 Å². The largest absolute Gasteiger partial charge is 0.423 e. The SMILES string of the molecule is C=C(CCCCC)NCCOCCNC(=C)CCCCCCCCCCC(=O)Oc1c(C)c(F)c(F)c(F)c1F.CC.OCCC(O)C(O)CC(S)C1CCC1. The second kappa shape index (κ2) is 33.6. The van der Waals surface area contributed by atoms with E-state index in [4.69, 9.17) is 14.6 Å². The quantitative estimate of drug-likeness (QED) is 0.00864. The first-order valence-electron chi connectivity index (χ1n) is 20.9. The van der Waals surface area contributed by atoms with Gasteiger partial charge in [-0.25, -0.2) is 13.2 Å². The molecule has 0 aromatic heterocycles. The molecule has 1 aliphatic carbocycles. The molecule has 1 aliphatic rings. The molecule has 1 fully saturated rings. The third kappa shape index (κ3) is 23.8. The van der Waals surface area contributed by atoms with Crippen molar-refractivity contribution in [2.24, 2.45) is 5.92 Å². The number of rotatable bonds is 30. The molecule has 0 heterocycles. The molecule has 5 N–H and O–H groups in total. The third-order valence-corrected chi connectivity index (χ3v) is 10.3. The van der Waals surface area contributed by atoms with E-state index in [9.17, 15) is 32.6 Å². The van der Waals surface area contributed by atoms with Gasteiger partial charge < -0.3 is 35.4 Å². The molecule has 0 spiro atoms. The van der Waals surface area contributed by atoms with Gasteiger partial charge in [0.25, 0.3) is 0 Å². The molecule has 56 heavy (non-hydrogen) atoms. The standard InChI is InChI=1S/C31H48F4N2O3.C10H20O3S.C2H6/c1-5-6-13-16-23(2)36-19-21-39-22-20-37-24(3)17-14-11-9-7-8-10-12-15-18-26(38)40-31-25(4)27(32)28(33)29(34)30(31)35;11-5-4-8(12)9(13)6-10(14)7-2-1-3-7;1-2/h36-37H,2-3,5-22H2,1,4H3;7-14H,1-6H2;1-2H3. The van der Waals surface area contributed by atoms with Gasteiger partial charge in [-0.1, -0.05) is 91.7 Å². The maximum atomic E-state index is 13.8. The first-order valence-corrected chi connectivity index (χ1v) is 21.4. The number of carbonyl (C=O) groups is 1. The van der Waals surface area contributed by atoms with Crippen LogP contribution in [0, 0.1) is 36.1 Å². The number of halogens is 4. The van der Waals surface area contributed by atoms with Crippen molar-refractivity contribution < 1.29 is 47.1 Å². The normalized spacial score (nSPS) is 13.9. The Balaban J connectivity index is 0.00000157. The molecular weight excluding hydrogens is 749 g/mol. The number of nitrogens with one attached hydrogen (secondary N) is 2. The molecule has 1 saturated carbocycles. The highest BCUT2D eigenvalue weighted by atomic mass is 32.1. The maximum absolute atomic E-state index is 13.8. The number of esters is 1. The lowest BCUT2D eigenvalue weighted by molar-refractivity contribution is -0.134. The third-order valence-electron chi connectivity index (χ3n) is 9.64. The molecule has 3 unspecified atom stereocenters. The van der Waals surface area contributed by atoms with Crippen molar-refractivity contribution in [3.8, 4) is 5.75 Å². The molecule has 0 saturated heterocycles. The van der Waals surface area contributed by atoms with Crippen LogP contribution in [0.5, 0.6) is 5.75 Å². The van der Waals surface area contributed by atoms with Gasteiger partial charge in [0.2, 0.25) is 11.6 Å². The van der Waals surface area contributed by atoms with Gasteiger partial charge in [-0.2, -0.15) is 17.0 Å². The molecule has 8 nitrogen and oxygen atoms in total. The number of aliphatic hydroxyl groups excluding tert-OH is 3.